The molecule has 0 unspecified atom stereocenters. The molecule has 0 atom stereocenters. The van der Waals surface area contributed by atoms with Crippen molar-refractivity contribution in [2.75, 3.05) is 11.9 Å². The molecule has 1 N–H and O–H groups in total. The van der Waals surface area contributed by atoms with Crippen molar-refractivity contribution in [1.29, 1.82) is 0 Å². The topological polar surface area (TPSA) is 68.3 Å². The van der Waals surface area contributed by atoms with Crippen LogP contribution >= 0.6 is 0 Å². The van der Waals surface area contributed by atoms with Gasteiger partial charge in [0.1, 0.15) is 5.82 Å². The number of aromatic nitrogens is 1. The summed E-state index contributed by atoms with van der Waals surface area (Å²) in [4.78, 5) is 26.8. The average molecular weight is 264 g/mol. The number of hydrogen-bond donors (Lipinski definition) is 1. The number of nitrogens with zero attached hydrogens (tertiary/aromatic N) is 1. The Labute approximate surface area is 113 Å². The summed E-state index contributed by atoms with van der Waals surface area (Å²) in [5.41, 5.74) is 0.367. The SMILES string of the molecule is CC(=O)OCCc1cccnc1NC(=O)C(C)(C)C. The van der Waals surface area contributed by atoms with Crippen LogP contribution in [0.15, 0.2) is 18.3 Å². The maximum atomic E-state index is 11.9. The fourth-order valence-corrected chi connectivity index (χ4v) is 1.35. The zero-order valence-corrected chi connectivity index (χ0v) is 11.8. The van der Waals surface area contributed by atoms with Crippen LogP contribution in [0, 0.1) is 5.41 Å². The molecule has 0 saturated carbocycles. The van der Waals surface area contributed by atoms with E-state index >= 15 is 0 Å². The Morgan fingerprint density at radius 2 is 2.05 bits per heavy atom. The van der Waals surface area contributed by atoms with Gasteiger partial charge in [-0.05, 0) is 11.6 Å². The summed E-state index contributed by atoms with van der Waals surface area (Å²) in [6, 6.07) is 3.64. The van der Waals surface area contributed by atoms with Crippen LogP contribution in [0.4, 0.5) is 5.82 Å². The van der Waals surface area contributed by atoms with Gasteiger partial charge in [-0.3, -0.25) is 9.59 Å². The number of ether oxygens (including phenoxy) is 1. The molecular weight excluding hydrogens is 244 g/mol. The highest BCUT2D eigenvalue weighted by atomic mass is 16.5. The summed E-state index contributed by atoms with van der Waals surface area (Å²) >= 11 is 0. The van der Waals surface area contributed by atoms with E-state index in [9.17, 15) is 9.59 Å². The van der Waals surface area contributed by atoms with Gasteiger partial charge in [0.15, 0.2) is 0 Å². The molecule has 0 radical (unpaired) electrons. The Morgan fingerprint density at radius 3 is 2.63 bits per heavy atom. The summed E-state index contributed by atoms with van der Waals surface area (Å²) in [6.45, 7) is 7.16. The van der Waals surface area contributed by atoms with E-state index in [1.54, 1.807) is 12.3 Å². The number of rotatable bonds is 4. The maximum Gasteiger partial charge on any atom is 0.302 e. The quantitative estimate of drug-likeness (QED) is 0.846. The van der Waals surface area contributed by atoms with Crippen molar-refractivity contribution >= 4 is 17.7 Å². The lowest BCUT2D eigenvalue weighted by molar-refractivity contribution is -0.140. The van der Waals surface area contributed by atoms with Gasteiger partial charge in [0.25, 0.3) is 0 Å². The Bertz CT molecular complexity index is 464. The predicted molar refractivity (Wildman–Crippen MR) is 72.7 cm³/mol. The minimum Gasteiger partial charge on any atom is -0.466 e. The lowest BCUT2D eigenvalue weighted by Gasteiger charge is -2.18. The van der Waals surface area contributed by atoms with Crippen LogP contribution in [-0.4, -0.2) is 23.5 Å². The van der Waals surface area contributed by atoms with Gasteiger partial charge in [-0.15, -0.1) is 0 Å². The van der Waals surface area contributed by atoms with Gasteiger partial charge in [-0.25, -0.2) is 4.98 Å². The Balaban J connectivity index is 2.73. The van der Waals surface area contributed by atoms with Gasteiger partial charge in [0.05, 0.1) is 6.61 Å². The van der Waals surface area contributed by atoms with Crippen LogP contribution < -0.4 is 5.32 Å². The predicted octanol–water partition coefficient (Wildman–Crippen LogP) is 2.17. The van der Waals surface area contributed by atoms with Crippen LogP contribution in [0.5, 0.6) is 0 Å². The smallest absolute Gasteiger partial charge is 0.302 e. The van der Waals surface area contributed by atoms with Gasteiger partial charge in [0.2, 0.25) is 5.91 Å². The molecule has 0 aliphatic heterocycles. The third kappa shape index (κ3) is 5.07. The number of amides is 1. The fraction of sp³-hybridized carbons (Fsp3) is 0.500. The van der Waals surface area contributed by atoms with E-state index in [1.165, 1.54) is 6.92 Å². The molecule has 104 valence electrons. The molecule has 0 aliphatic rings. The molecule has 0 aromatic carbocycles. The molecule has 19 heavy (non-hydrogen) atoms. The second-order valence-corrected chi connectivity index (χ2v) is 5.31. The normalized spacial score (nSPS) is 10.9. The van der Waals surface area contributed by atoms with Crippen molar-refractivity contribution in [3.8, 4) is 0 Å². The summed E-state index contributed by atoms with van der Waals surface area (Å²) in [6.07, 6.45) is 2.14. The number of nitrogens with one attached hydrogen (secondary N) is 1. The Kier molecular flexibility index (Phi) is 5.03. The third-order valence-electron chi connectivity index (χ3n) is 2.48. The van der Waals surface area contributed by atoms with Crippen molar-refractivity contribution in [2.24, 2.45) is 5.41 Å². The van der Waals surface area contributed by atoms with Gasteiger partial charge >= 0.3 is 5.97 Å². The van der Waals surface area contributed by atoms with Crippen molar-refractivity contribution in [2.45, 2.75) is 34.1 Å². The first-order valence-electron chi connectivity index (χ1n) is 6.19. The van der Waals surface area contributed by atoms with E-state index in [4.69, 9.17) is 4.74 Å². The van der Waals surface area contributed by atoms with E-state index in [0.717, 1.165) is 5.56 Å². The number of pyridine rings is 1. The fourth-order valence-electron chi connectivity index (χ4n) is 1.35. The summed E-state index contributed by atoms with van der Waals surface area (Å²) in [7, 11) is 0. The Morgan fingerprint density at radius 1 is 1.37 bits per heavy atom. The van der Waals surface area contributed by atoms with Crippen LogP contribution in [0.1, 0.15) is 33.3 Å². The molecular formula is C14H20N2O3. The minimum atomic E-state index is -0.481. The first-order valence-corrected chi connectivity index (χ1v) is 6.19. The zero-order chi connectivity index (χ0) is 14.5. The van der Waals surface area contributed by atoms with Crippen LogP contribution in [0.3, 0.4) is 0 Å². The molecule has 5 heteroatoms. The lowest BCUT2D eigenvalue weighted by Crippen LogP contribution is -2.28. The number of hydrogen-bond acceptors (Lipinski definition) is 4. The van der Waals surface area contributed by atoms with E-state index in [-0.39, 0.29) is 18.5 Å². The van der Waals surface area contributed by atoms with Crippen LogP contribution in [-0.2, 0) is 20.7 Å². The van der Waals surface area contributed by atoms with E-state index in [2.05, 4.69) is 10.3 Å². The highest BCUT2D eigenvalue weighted by Gasteiger charge is 2.22. The highest BCUT2D eigenvalue weighted by molar-refractivity contribution is 5.94. The van der Waals surface area contributed by atoms with Crippen molar-refractivity contribution in [3.05, 3.63) is 23.9 Å². The summed E-state index contributed by atoms with van der Waals surface area (Å²) in [5.74, 6) is 0.110. The molecule has 0 spiro atoms. The van der Waals surface area contributed by atoms with Crippen molar-refractivity contribution < 1.29 is 14.3 Å². The van der Waals surface area contributed by atoms with Crippen molar-refractivity contribution in [1.82, 2.24) is 4.98 Å². The monoisotopic (exact) mass is 264 g/mol. The van der Waals surface area contributed by atoms with E-state index < -0.39 is 5.41 Å². The molecule has 5 nitrogen and oxygen atoms in total. The third-order valence-corrected chi connectivity index (χ3v) is 2.48. The average Bonchev–Trinajstić information content (AvgIpc) is 2.29. The van der Waals surface area contributed by atoms with Crippen molar-refractivity contribution in [3.63, 3.8) is 0 Å². The number of carbonyl (C=O) groups is 2. The van der Waals surface area contributed by atoms with E-state index in [0.29, 0.717) is 12.2 Å². The van der Waals surface area contributed by atoms with Gasteiger partial charge < -0.3 is 10.1 Å². The Hall–Kier alpha value is -1.91. The lowest BCUT2D eigenvalue weighted by atomic mass is 9.95. The van der Waals surface area contributed by atoms with Crippen LogP contribution in [0.25, 0.3) is 0 Å². The molecule has 1 heterocycles. The maximum absolute atomic E-state index is 11.9. The number of anilines is 1. The van der Waals surface area contributed by atoms with E-state index in [1.807, 2.05) is 26.8 Å². The van der Waals surface area contributed by atoms with Gasteiger partial charge in [-0.1, -0.05) is 26.8 Å². The number of esters is 1. The zero-order valence-electron chi connectivity index (χ0n) is 11.8. The molecule has 1 rings (SSSR count). The minimum absolute atomic E-state index is 0.0973. The molecule has 1 aromatic heterocycles. The molecule has 0 bridgehead atoms. The highest BCUT2D eigenvalue weighted by Crippen LogP contribution is 2.18. The second-order valence-electron chi connectivity index (χ2n) is 5.31. The summed E-state index contributed by atoms with van der Waals surface area (Å²) in [5, 5.41) is 2.80. The molecule has 0 aliphatic carbocycles. The largest absolute Gasteiger partial charge is 0.466 e. The number of carbonyl (C=O) groups excluding carboxylic acids is 2. The molecule has 0 saturated heterocycles. The standard InChI is InChI=1S/C14H20N2O3/c1-10(17)19-9-7-11-6-5-8-15-12(11)16-13(18)14(2,3)4/h5-6,8H,7,9H2,1-4H3,(H,15,16,18). The summed E-state index contributed by atoms with van der Waals surface area (Å²) < 4.78 is 4.89. The first-order chi connectivity index (χ1) is 8.80. The van der Waals surface area contributed by atoms with Crippen LogP contribution in [0.2, 0.25) is 0 Å². The second kappa shape index (κ2) is 6.31. The molecule has 0 fully saturated rings. The molecule has 1 amide bonds. The first kappa shape index (κ1) is 15.1. The van der Waals surface area contributed by atoms with Gasteiger partial charge in [0, 0.05) is 25.0 Å². The van der Waals surface area contributed by atoms with Gasteiger partial charge in [-0.2, -0.15) is 0 Å². The molecule has 1 aromatic rings.